The lowest BCUT2D eigenvalue weighted by Crippen LogP contribution is -2.16. The maximum Gasteiger partial charge on any atom is 0.387 e. The number of rotatable bonds is 9. The fraction of sp³-hybridized carbons (Fsp3) is 0.400. The Morgan fingerprint density at radius 3 is 2.14 bits per heavy atom. The molecule has 0 radical (unpaired) electrons. The Hall–Kier alpha value is -3.02. The van der Waals surface area contributed by atoms with Crippen LogP contribution in [-0.4, -0.2) is 6.61 Å². The zero-order chi connectivity index (χ0) is 24.8. The van der Waals surface area contributed by atoms with Gasteiger partial charge in [0.1, 0.15) is 17.3 Å². The summed E-state index contributed by atoms with van der Waals surface area (Å²) in [5.74, 6) is -0.713. The lowest BCUT2D eigenvalue weighted by molar-refractivity contribution is -0.0498. The van der Waals surface area contributed by atoms with Crippen LogP contribution in [0.4, 0.5) is 17.6 Å². The van der Waals surface area contributed by atoms with E-state index in [0.29, 0.717) is 17.0 Å². The highest BCUT2D eigenvalue weighted by atomic mass is 19.3. The lowest BCUT2D eigenvalue weighted by Gasteiger charge is -2.30. The van der Waals surface area contributed by atoms with Crippen molar-refractivity contribution in [3.63, 3.8) is 0 Å². The molecule has 0 aliphatic heterocycles. The van der Waals surface area contributed by atoms with Crippen molar-refractivity contribution in [2.24, 2.45) is 5.92 Å². The van der Waals surface area contributed by atoms with E-state index in [1.807, 2.05) is 6.07 Å². The highest BCUT2D eigenvalue weighted by Crippen LogP contribution is 2.45. The average Bonchev–Trinajstić information content (AvgIpc) is 2.86. The first kappa shape index (κ1) is 27.6. The van der Waals surface area contributed by atoms with Crippen LogP contribution in [0.15, 0.2) is 60.7 Å². The molecule has 0 amide bonds. The molecule has 1 aliphatic rings. The smallest absolute Gasteiger partial charge is 0.387 e. The molecule has 0 atom stereocenters. The third-order valence-electron chi connectivity index (χ3n) is 6.78. The van der Waals surface area contributed by atoms with E-state index in [1.165, 1.54) is 43.2 Å². The number of hydrogen-bond donors (Lipinski definition) is 0. The Morgan fingerprint density at radius 1 is 0.889 bits per heavy atom. The largest absolute Gasteiger partial charge is 0.454 e. The second-order valence-electron chi connectivity index (χ2n) is 9.14. The number of alkyl halides is 2. The van der Waals surface area contributed by atoms with E-state index in [0.717, 1.165) is 32.1 Å². The van der Waals surface area contributed by atoms with Gasteiger partial charge in [-0.25, -0.2) is 8.78 Å². The highest BCUT2D eigenvalue weighted by molar-refractivity contribution is 5.72. The van der Waals surface area contributed by atoms with Crippen LogP contribution in [0.1, 0.15) is 70.8 Å². The van der Waals surface area contributed by atoms with Crippen LogP contribution >= 0.6 is 0 Å². The van der Waals surface area contributed by atoms with Gasteiger partial charge in [-0.2, -0.15) is 8.78 Å². The van der Waals surface area contributed by atoms with Crippen molar-refractivity contribution in [2.75, 3.05) is 0 Å². The predicted molar refractivity (Wildman–Crippen MR) is 136 cm³/mol. The van der Waals surface area contributed by atoms with Crippen LogP contribution in [-0.2, 0) is 0 Å². The predicted octanol–water partition coefficient (Wildman–Crippen LogP) is 10.1. The molecule has 1 saturated carbocycles. The second-order valence-corrected chi connectivity index (χ2v) is 9.14. The number of hydrogen-bond acceptors (Lipinski definition) is 2. The van der Waals surface area contributed by atoms with Gasteiger partial charge < -0.3 is 9.47 Å². The SMILES string of the molecule is C.CCCCC1CCC(c2c(F)cc(-c3ccccc3)c(Oc3ccc(OC(F)F)cc3)c2F)CC1. The molecule has 2 nitrogen and oxygen atoms in total. The van der Waals surface area contributed by atoms with Gasteiger partial charge in [0, 0.05) is 11.1 Å². The number of ether oxygens (including phenoxy) is 2. The average molecular weight is 503 g/mol. The molecule has 0 spiro atoms. The van der Waals surface area contributed by atoms with Crippen molar-refractivity contribution in [3.8, 4) is 28.4 Å². The molecule has 0 N–H and O–H groups in total. The zero-order valence-electron chi connectivity index (χ0n) is 19.8. The monoisotopic (exact) mass is 502 g/mol. The van der Waals surface area contributed by atoms with Gasteiger partial charge in [0.15, 0.2) is 11.6 Å². The van der Waals surface area contributed by atoms with Gasteiger partial charge in [-0.1, -0.05) is 63.9 Å². The minimum absolute atomic E-state index is 0. The Bertz CT molecular complexity index is 1090. The topological polar surface area (TPSA) is 18.5 Å². The molecule has 3 aromatic carbocycles. The summed E-state index contributed by atoms with van der Waals surface area (Å²) in [6.45, 7) is -0.772. The zero-order valence-corrected chi connectivity index (χ0v) is 19.8. The summed E-state index contributed by atoms with van der Waals surface area (Å²) < 4.78 is 66.6. The van der Waals surface area contributed by atoms with E-state index in [9.17, 15) is 8.78 Å². The van der Waals surface area contributed by atoms with Gasteiger partial charge >= 0.3 is 6.61 Å². The van der Waals surface area contributed by atoms with Gasteiger partial charge in [-0.05, 0) is 73.4 Å². The number of halogens is 4. The van der Waals surface area contributed by atoms with E-state index in [2.05, 4.69) is 11.7 Å². The molecule has 0 unspecified atom stereocenters. The summed E-state index contributed by atoms with van der Waals surface area (Å²) in [6.07, 6.45) is 6.92. The molecule has 36 heavy (non-hydrogen) atoms. The third-order valence-corrected chi connectivity index (χ3v) is 6.78. The van der Waals surface area contributed by atoms with E-state index in [-0.39, 0.29) is 36.2 Å². The fourth-order valence-electron chi connectivity index (χ4n) is 4.96. The Labute approximate surface area is 211 Å². The molecule has 0 saturated heterocycles. The first-order valence-electron chi connectivity index (χ1n) is 12.3. The van der Waals surface area contributed by atoms with E-state index < -0.39 is 18.2 Å². The van der Waals surface area contributed by atoms with Crippen LogP contribution < -0.4 is 9.47 Å². The van der Waals surface area contributed by atoms with Gasteiger partial charge in [0.05, 0.1) is 0 Å². The Balaban J connectivity index is 0.00000361. The van der Waals surface area contributed by atoms with Crippen LogP contribution in [0, 0.1) is 17.6 Å². The molecular weight excluding hydrogens is 468 g/mol. The summed E-state index contributed by atoms with van der Waals surface area (Å²) in [4.78, 5) is 0. The molecular formula is C30H34F4O2. The number of unbranched alkanes of at least 4 members (excludes halogenated alkanes) is 1. The normalized spacial score (nSPS) is 17.5. The molecule has 1 aliphatic carbocycles. The molecule has 0 heterocycles. The van der Waals surface area contributed by atoms with Gasteiger partial charge in [0.25, 0.3) is 0 Å². The Morgan fingerprint density at radius 2 is 1.53 bits per heavy atom. The quantitative estimate of drug-likeness (QED) is 0.271. The maximum absolute atomic E-state index is 16.0. The molecule has 194 valence electrons. The van der Waals surface area contributed by atoms with Crippen molar-refractivity contribution in [1.29, 1.82) is 0 Å². The van der Waals surface area contributed by atoms with E-state index in [4.69, 9.17) is 4.74 Å². The number of benzene rings is 3. The van der Waals surface area contributed by atoms with Crippen LogP contribution in [0.25, 0.3) is 11.1 Å². The first-order valence-corrected chi connectivity index (χ1v) is 12.3. The van der Waals surface area contributed by atoms with E-state index >= 15 is 8.78 Å². The van der Waals surface area contributed by atoms with Gasteiger partial charge in [-0.3, -0.25) is 0 Å². The molecule has 0 aromatic heterocycles. The maximum atomic E-state index is 16.0. The standard InChI is InChI=1S/C29H30F4O2.CH4/c1-2-3-7-19-10-12-21(13-11-19)26-25(30)18-24(20-8-5-4-6-9-20)28(27(26)31)34-22-14-16-23(17-15-22)35-29(32)33;/h4-6,8-9,14-19,21,29H,2-3,7,10-13H2,1H3;1H4. The summed E-state index contributed by atoms with van der Waals surface area (Å²) in [5.41, 5.74) is 0.993. The summed E-state index contributed by atoms with van der Waals surface area (Å²) in [5, 5.41) is 0. The summed E-state index contributed by atoms with van der Waals surface area (Å²) >= 11 is 0. The van der Waals surface area contributed by atoms with Crippen molar-refractivity contribution < 1.29 is 27.0 Å². The fourth-order valence-corrected chi connectivity index (χ4v) is 4.96. The molecule has 6 heteroatoms. The molecule has 1 fully saturated rings. The van der Waals surface area contributed by atoms with Crippen LogP contribution in [0.5, 0.6) is 17.2 Å². The van der Waals surface area contributed by atoms with Gasteiger partial charge in [0.2, 0.25) is 0 Å². The minimum atomic E-state index is -2.94. The van der Waals surface area contributed by atoms with E-state index in [1.54, 1.807) is 24.3 Å². The summed E-state index contributed by atoms with van der Waals surface area (Å²) in [6, 6.07) is 15.8. The second kappa shape index (κ2) is 12.8. The van der Waals surface area contributed by atoms with Crippen molar-refractivity contribution in [1.82, 2.24) is 0 Å². The Kier molecular flexibility index (Phi) is 9.80. The van der Waals surface area contributed by atoms with Crippen molar-refractivity contribution in [3.05, 3.63) is 77.9 Å². The van der Waals surface area contributed by atoms with Crippen LogP contribution in [0.3, 0.4) is 0 Å². The third kappa shape index (κ3) is 6.59. The van der Waals surface area contributed by atoms with Crippen molar-refractivity contribution in [2.45, 2.75) is 71.8 Å². The first-order chi connectivity index (χ1) is 17.0. The highest BCUT2D eigenvalue weighted by Gasteiger charge is 2.30. The van der Waals surface area contributed by atoms with Crippen molar-refractivity contribution >= 4 is 0 Å². The molecule has 0 bridgehead atoms. The lowest BCUT2D eigenvalue weighted by atomic mass is 9.76. The van der Waals surface area contributed by atoms with Crippen LogP contribution in [0.2, 0.25) is 0 Å². The molecule has 4 rings (SSSR count). The minimum Gasteiger partial charge on any atom is -0.454 e. The van der Waals surface area contributed by atoms with Gasteiger partial charge in [-0.15, -0.1) is 0 Å². The summed E-state index contributed by atoms with van der Waals surface area (Å²) in [7, 11) is 0. The molecule has 3 aromatic rings.